The van der Waals surface area contributed by atoms with Crippen LogP contribution in [0.5, 0.6) is 5.75 Å². The van der Waals surface area contributed by atoms with Crippen LogP contribution in [0.3, 0.4) is 0 Å². The van der Waals surface area contributed by atoms with Crippen LogP contribution in [-0.2, 0) is 9.53 Å². The van der Waals surface area contributed by atoms with Gasteiger partial charge in [-0.05, 0) is 55.9 Å². The quantitative estimate of drug-likeness (QED) is 0.624. The number of carbonyl (C=O) groups is 1. The van der Waals surface area contributed by atoms with Crippen molar-refractivity contribution < 1.29 is 14.3 Å². The van der Waals surface area contributed by atoms with Gasteiger partial charge in [-0.3, -0.25) is 4.90 Å². The van der Waals surface area contributed by atoms with Crippen molar-refractivity contribution in [3.8, 4) is 5.75 Å². The van der Waals surface area contributed by atoms with Gasteiger partial charge in [0.05, 0.1) is 25.3 Å². The van der Waals surface area contributed by atoms with E-state index in [1.807, 2.05) is 66.4 Å². The number of hydrogen-bond donors (Lipinski definition) is 1. The van der Waals surface area contributed by atoms with Gasteiger partial charge in [-0.25, -0.2) is 4.79 Å². The summed E-state index contributed by atoms with van der Waals surface area (Å²) in [6.07, 6.45) is 0. The Bertz CT molecular complexity index is 863. The summed E-state index contributed by atoms with van der Waals surface area (Å²) < 4.78 is 10.6. The summed E-state index contributed by atoms with van der Waals surface area (Å²) in [6, 6.07) is 16.9. The van der Waals surface area contributed by atoms with Crippen LogP contribution >= 0.6 is 12.2 Å². The Morgan fingerprint density at radius 2 is 1.81 bits per heavy atom. The molecule has 1 atom stereocenters. The van der Waals surface area contributed by atoms with Crippen LogP contribution in [0, 0.1) is 0 Å². The minimum Gasteiger partial charge on any atom is -0.497 e. The first-order valence-electron chi connectivity index (χ1n) is 8.74. The number of rotatable bonds is 5. The number of nitrogens with one attached hydrogen (secondary N) is 1. The summed E-state index contributed by atoms with van der Waals surface area (Å²) >= 11 is 5.62. The number of allylic oxidation sites excluding steroid dienone is 1. The topological polar surface area (TPSA) is 50.8 Å². The van der Waals surface area contributed by atoms with E-state index >= 15 is 0 Å². The van der Waals surface area contributed by atoms with E-state index in [4.69, 9.17) is 21.7 Å². The highest BCUT2D eigenvalue weighted by Crippen LogP contribution is 2.34. The highest BCUT2D eigenvalue weighted by molar-refractivity contribution is 7.80. The Morgan fingerprint density at radius 1 is 1.15 bits per heavy atom. The highest BCUT2D eigenvalue weighted by Gasteiger charge is 2.35. The number of benzene rings is 2. The molecule has 0 fully saturated rings. The van der Waals surface area contributed by atoms with E-state index in [0.29, 0.717) is 17.3 Å². The molecule has 3 rings (SSSR count). The van der Waals surface area contributed by atoms with E-state index in [1.165, 1.54) is 0 Å². The maximum Gasteiger partial charge on any atom is 0.338 e. The van der Waals surface area contributed by atoms with Gasteiger partial charge in [0, 0.05) is 11.4 Å². The van der Waals surface area contributed by atoms with Gasteiger partial charge in [-0.1, -0.05) is 30.3 Å². The Kier molecular flexibility index (Phi) is 5.76. The molecule has 27 heavy (non-hydrogen) atoms. The fraction of sp³-hybridized carbons (Fsp3) is 0.238. The van der Waals surface area contributed by atoms with E-state index < -0.39 is 0 Å². The maximum absolute atomic E-state index is 12.8. The summed E-state index contributed by atoms with van der Waals surface area (Å²) in [5.41, 5.74) is 3.10. The molecule has 1 aliphatic heterocycles. The van der Waals surface area contributed by atoms with Crippen LogP contribution in [-0.4, -0.2) is 24.8 Å². The van der Waals surface area contributed by atoms with Crippen molar-refractivity contribution in [2.24, 2.45) is 0 Å². The van der Waals surface area contributed by atoms with Crippen LogP contribution in [0.15, 0.2) is 65.9 Å². The van der Waals surface area contributed by atoms with Gasteiger partial charge < -0.3 is 14.8 Å². The third-order valence-corrected chi connectivity index (χ3v) is 4.74. The molecule has 0 aliphatic carbocycles. The lowest BCUT2D eigenvalue weighted by atomic mass is 9.94. The summed E-state index contributed by atoms with van der Waals surface area (Å²) in [7, 11) is 1.62. The molecular formula is C21H22N2O3S. The van der Waals surface area contributed by atoms with Gasteiger partial charge in [0.15, 0.2) is 5.11 Å². The largest absolute Gasteiger partial charge is 0.497 e. The second-order valence-electron chi connectivity index (χ2n) is 6.05. The van der Waals surface area contributed by atoms with Crippen LogP contribution in [0.1, 0.15) is 25.5 Å². The number of anilines is 1. The Balaban J connectivity index is 2.09. The fourth-order valence-corrected chi connectivity index (χ4v) is 3.51. The smallest absolute Gasteiger partial charge is 0.338 e. The number of hydrogen-bond acceptors (Lipinski definition) is 4. The third kappa shape index (κ3) is 3.80. The van der Waals surface area contributed by atoms with Crippen molar-refractivity contribution in [2.75, 3.05) is 18.6 Å². The molecule has 0 unspecified atom stereocenters. The number of para-hydroxylation sites is 1. The average Bonchev–Trinajstić information content (AvgIpc) is 2.68. The van der Waals surface area contributed by atoms with E-state index in [1.54, 1.807) is 14.0 Å². The van der Waals surface area contributed by atoms with E-state index in [-0.39, 0.29) is 12.0 Å². The molecule has 0 radical (unpaired) electrons. The Hall–Kier alpha value is -2.86. The summed E-state index contributed by atoms with van der Waals surface area (Å²) in [5, 5.41) is 3.83. The molecule has 140 valence electrons. The van der Waals surface area contributed by atoms with Crippen molar-refractivity contribution in [1.29, 1.82) is 0 Å². The van der Waals surface area contributed by atoms with E-state index in [2.05, 4.69) is 5.32 Å². The molecule has 0 aromatic heterocycles. The summed E-state index contributed by atoms with van der Waals surface area (Å²) in [6.45, 7) is 4.00. The van der Waals surface area contributed by atoms with Gasteiger partial charge in [-0.15, -0.1) is 0 Å². The van der Waals surface area contributed by atoms with Crippen molar-refractivity contribution in [3.63, 3.8) is 0 Å². The number of ether oxygens (including phenoxy) is 2. The Labute approximate surface area is 164 Å². The lowest BCUT2D eigenvalue weighted by Crippen LogP contribution is -2.48. The molecule has 2 aromatic carbocycles. The highest BCUT2D eigenvalue weighted by atomic mass is 32.1. The number of nitrogens with zero attached hydrogens (tertiary/aromatic N) is 1. The first-order chi connectivity index (χ1) is 13.1. The molecule has 0 amide bonds. The zero-order chi connectivity index (χ0) is 19.4. The molecule has 0 saturated heterocycles. The molecule has 6 heteroatoms. The molecule has 0 spiro atoms. The predicted molar refractivity (Wildman–Crippen MR) is 110 cm³/mol. The number of carbonyl (C=O) groups excluding carboxylic acids is 1. The maximum atomic E-state index is 12.8. The van der Waals surface area contributed by atoms with Crippen LogP contribution in [0.4, 0.5) is 5.69 Å². The average molecular weight is 382 g/mol. The van der Waals surface area contributed by atoms with Gasteiger partial charge in [0.25, 0.3) is 0 Å². The van der Waals surface area contributed by atoms with Crippen molar-refractivity contribution in [3.05, 3.63) is 71.4 Å². The first-order valence-corrected chi connectivity index (χ1v) is 9.15. The molecule has 1 N–H and O–H groups in total. The van der Waals surface area contributed by atoms with Gasteiger partial charge in [0.2, 0.25) is 0 Å². The normalized spacial score (nSPS) is 16.8. The van der Waals surface area contributed by atoms with Crippen LogP contribution in [0.2, 0.25) is 0 Å². The summed E-state index contributed by atoms with van der Waals surface area (Å²) in [5.74, 6) is 0.396. The second-order valence-corrected chi connectivity index (χ2v) is 6.43. The number of esters is 1. The minimum absolute atomic E-state index is 0.306. The molecule has 0 saturated carbocycles. The van der Waals surface area contributed by atoms with Crippen molar-refractivity contribution in [2.45, 2.75) is 19.9 Å². The third-order valence-electron chi connectivity index (χ3n) is 4.44. The molecular weight excluding hydrogens is 360 g/mol. The zero-order valence-electron chi connectivity index (χ0n) is 15.6. The molecule has 0 bridgehead atoms. The SMILES string of the molecule is CCOC(=O)C1=C(C)N(c2ccccc2)C(=S)N[C@H]1c1ccc(OC)cc1. The predicted octanol–water partition coefficient (Wildman–Crippen LogP) is 3.97. The first kappa shape index (κ1) is 18.9. The molecule has 2 aromatic rings. The number of thiocarbonyl (C=S) groups is 1. The van der Waals surface area contributed by atoms with E-state index in [0.717, 1.165) is 22.7 Å². The van der Waals surface area contributed by atoms with Crippen LogP contribution in [0.25, 0.3) is 0 Å². The fourth-order valence-electron chi connectivity index (χ4n) is 3.15. The summed E-state index contributed by atoms with van der Waals surface area (Å²) in [4.78, 5) is 14.6. The standard InChI is InChI=1S/C21H22N2O3S/c1-4-26-20(24)18-14(2)23(16-8-6-5-7-9-16)21(27)22-19(18)15-10-12-17(25-3)13-11-15/h5-13,19H,4H2,1-3H3,(H,22,27)/t19-/m0/s1. The van der Waals surface area contributed by atoms with Gasteiger partial charge >= 0.3 is 5.97 Å². The second kappa shape index (κ2) is 8.22. The monoisotopic (exact) mass is 382 g/mol. The minimum atomic E-state index is -0.387. The number of methoxy groups -OCH3 is 1. The molecule has 5 nitrogen and oxygen atoms in total. The molecule has 1 aliphatic rings. The Morgan fingerprint density at radius 3 is 2.41 bits per heavy atom. The lowest BCUT2D eigenvalue weighted by Gasteiger charge is -2.37. The van der Waals surface area contributed by atoms with Gasteiger partial charge in [-0.2, -0.15) is 0 Å². The van der Waals surface area contributed by atoms with Crippen molar-refractivity contribution in [1.82, 2.24) is 5.32 Å². The zero-order valence-corrected chi connectivity index (χ0v) is 16.4. The lowest BCUT2D eigenvalue weighted by molar-refractivity contribution is -0.139. The van der Waals surface area contributed by atoms with Crippen LogP contribution < -0.4 is 15.0 Å². The van der Waals surface area contributed by atoms with Crippen molar-refractivity contribution >= 4 is 29.0 Å². The van der Waals surface area contributed by atoms with Gasteiger partial charge in [0.1, 0.15) is 5.75 Å². The molecule has 1 heterocycles. The van der Waals surface area contributed by atoms with E-state index in [9.17, 15) is 4.79 Å².